The summed E-state index contributed by atoms with van der Waals surface area (Å²) in [6, 6.07) is 23.9. The normalized spacial score (nSPS) is 10.2. The van der Waals surface area contributed by atoms with Crippen molar-refractivity contribution in [1.82, 2.24) is 0 Å². The van der Waals surface area contributed by atoms with Crippen LogP contribution < -0.4 is 9.47 Å². The molecule has 0 bridgehead atoms. The number of hydrogen-bond acceptors (Lipinski definition) is 4. The Hall–Kier alpha value is -3.40. The van der Waals surface area contributed by atoms with Crippen molar-refractivity contribution in [1.29, 1.82) is 0 Å². The van der Waals surface area contributed by atoms with E-state index in [1.54, 1.807) is 36.4 Å². The summed E-state index contributed by atoms with van der Waals surface area (Å²) < 4.78 is 10.7. The van der Waals surface area contributed by atoms with Crippen molar-refractivity contribution < 1.29 is 19.1 Å². The fourth-order valence-electron chi connectivity index (χ4n) is 2.45. The Morgan fingerprint density at radius 2 is 1.46 bits per heavy atom. The molecule has 4 heteroatoms. The molecule has 0 N–H and O–H groups in total. The first-order valence-electron chi connectivity index (χ1n) is 8.22. The van der Waals surface area contributed by atoms with Gasteiger partial charge in [-0.2, -0.15) is 0 Å². The molecule has 0 atom stereocenters. The van der Waals surface area contributed by atoms with E-state index in [-0.39, 0.29) is 12.4 Å². The van der Waals surface area contributed by atoms with Gasteiger partial charge in [-0.1, -0.05) is 54.6 Å². The largest absolute Gasteiger partial charge is 0.482 e. The van der Waals surface area contributed by atoms with E-state index in [4.69, 9.17) is 9.47 Å². The SMILES string of the molecule is CC(=O)c1cccc(OCC(=O)Oc2ccc(-c3ccccc3)cc2)c1. The summed E-state index contributed by atoms with van der Waals surface area (Å²) in [6.07, 6.45) is 0. The second kappa shape index (κ2) is 8.12. The highest BCUT2D eigenvalue weighted by molar-refractivity contribution is 5.94. The van der Waals surface area contributed by atoms with E-state index in [2.05, 4.69) is 0 Å². The number of benzene rings is 3. The van der Waals surface area contributed by atoms with E-state index >= 15 is 0 Å². The summed E-state index contributed by atoms with van der Waals surface area (Å²) in [5.41, 5.74) is 2.68. The molecule has 3 aromatic carbocycles. The van der Waals surface area contributed by atoms with Gasteiger partial charge in [0.2, 0.25) is 0 Å². The first-order valence-corrected chi connectivity index (χ1v) is 8.22. The van der Waals surface area contributed by atoms with Crippen molar-refractivity contribution in [3.63, 3.8) is 0 Å². The number of Topliss-reactive ketones (excluding diaryl/α,β-unsaturated/α-hetero) is 1. The summed E-state index contributed by atoms with van der Waals surface area (Å²) in [7, 11) is 0. The molecule has 0 aliphatic heterocycles. The minimum Gasteiger partial charge on any atom is -0.482 e. The number of ether oxygens (including phenoxy) is 2. The molecule has 0 fully saturated rings. The van der Waals surface area contributed by atoms with Crippen LogP contribution in [0.5, 0.6) is 11.5 Å². The Morgan fingerprint density at radius 3 is 2.15 bits per heavy atom. The fraction of sp³-hybridized carbons (Fsp3) is 0.0909. The molecule has 0 saturated carbocycles. The summed E-state index contributed by atoms with van der Waals surface area (Å²) in [6.45, 7) is 1.24. The third-order valence-electron chi connectivity index (χ3n) is 3.79. The summed E-state index contributed by atoms with van der Waals surface area (Å²) >= 11 is 0. The average Bonchev–Trinajstić information content (AvgIpc) is 2.68. The van der Waals surface area contributed by atoms with Crippen LogP contribution in [-0.2, 0) is 4.79 Å². The van der Waals surface area contributed by atoms with Crippen LogP contribution in [0.15, 0.2) is 78.9 Å². The van der Waals surface area contributed by atoms with Crippen molar-refractivity contribution in [2.75, 3.05) is 6.61 Å². The van der Waals surface area contributed by atoms with Crippen LogP contribution in [0, 0.1) is 0 Å². The molecule has 0 heterocycles. The molecule has 4 nitrogen and oxygen atoms in total. The zero-order valence-electron chi connectivity index (χ0n) is 14.3. The maximum absolute atomic E-state index is 11.9. The highest BCUT2D eigenvalue weighted by Crippen LogP contribution is 2.22. The Labute approximate surface area is 152 Å². The molecule has 0 aromatic heterocycles. The molecule has 0 amide bonds. The Kier molecular flexibility index (Phi) is 5.44. The summed E-state index contributed by atoms with van der Waals surface area (Å²) in [5.74, 6) is 0.340. The number of carbonyl (C=O) groups is 2. The van der Waals surface area contributed by atoms with Gasteiger partial charge in [-0.3, -0.25) is 4.79 Å². The van der Waals surface area contributed by atoms with Crippen LogP contribution in [0.1, 0.15) is 17.3 Å². The second-order valence-electron chi connectivity index (χ2n) is 5.74. The third-order valence-corrected chi connectivity index (χ3v) is 3.79. The van der Waals surface area contributed by atoms with Crippen molar-refractivity contribution in [3.8, 4) is 22.6 Å². The van der Waals surface area contributed by atoms with Crippen molar-refractivity contribution in [2.24, 2.45) is 0 Å². The quantitative estimate of drug-likeness (QED) is 0.373. The second-order valence-corrected chi connectivity index (χ2v) is 5.74. The minimum atomic E-state index is -0.509. The van der Waals surface area contributed by atoms with Gasteiger partial charge in [-0.25, -0.2) is 4.79 Å². The molecular formula is C22H18O4. The van der Waals surface area contributed by atoms with Gasteiger partial charge in [0.05, 0.1) is 0 Å². The first kappa shape index (κ1) is 17.4. The molecule has 0 radical (unpaired) electrons. The Bertz CT molecular complexity index is 899. The minimum absolute atomic E-state index is 0.0588. The maximum atomic E-state index is 11.9. The maximum Gasteiger partial charge on any atom is 0.349 e. The lowest BCUT2D eigenvalue weighted by Gasteiger charge is -2.08. The molecule has 0 unspecified atom stereocenters. The van der Waals surface area contributed by atoms with Gasteiger partial charge in [0.1, 0.15) is 11.5 Å². The van der Waals surface area contributed by atoms with E-state index < -0.39 is 5.97 Å². The monoisotopic (exact) mass is 346 g/mol. The van der Waals surface area contributed by atoms with Gasteiger partial charge >= 0.3 is 5.97 Å². The highest BCUT2D eigenvalue weighted by Gasteiger charge is 2.08. The van der Waals surface area contributed by atoms with Crippen LogP contribution in [0.2, 0.25) is 0 Å². The van der Waals surface area contributed by atoms with Crippen molar-refractivity contribution >= 4 is 11.8 Å². The molecule has 130 valence electrons. The molecule has 3 aromatic rings. The predicted molar refractivity (Wildman–Crippen MR) is 99.5 cm³/mol. The first-order chi connectivity index (χ1) is 12.6. The Balaban J connectivity index is 1.57. The highest BCUT2D eigenvalue weighted by atomic mass is 16.6. The lowest BCUT2D eigenvalue weighted by atomic mass is 10.1. The smallest absolute Gasteiger partial charge is 0.349 e. The van der Waals surface area contributed by atoms with Gasteiger partial charge in [0, 0.05) is 5.56 Å². The summed E-state index contributed by atoms with van der Waals surface area (Å²) in [4.78, 5) is 23.3. The van der Waals surface area contributed by atoms with Gasteiger partial charge in [-0.05, 0) is 42.3 Å². The number of carbonyl (C=O) groups excluding carboxylic acids is 2. The van der Waals surface area contributed by atoms with E-state index in [0.29, 0.717) is 17.1 Å². The van der Waals surface area contributed by atoms with Crippen molar-refractivity contribution in [2.45, 2.75) is 6.92 Å². The standard InChI is InChI=1S/C22H18O4/c1-16(23)19-8-5-9-21(14-19)25-15-22(24)26-20-12-10-18(11-13-20)17-6-3-2-4-7-17/h2-14H,15H2,1H3. The van der Waals surface area contributed by atoms with Gasteiger partial charge in [-0.15, -0.1) is 0 Å². The third kappa shape index (κ3) is 4.57. The van der Waals surface area contributed by atoms with E-state index in [0.717, 1.165) is 11.1 Å². The van der Waals surface area contributed by atoms with E-state index in [1.165, 1.54) is 6.92 Å². The van der Waals surface area contributed by atoms with Crippen LogP contribution >= 0.6 is 0 Å². The zero-order chi connectivity index (χ0) is 18.4. The number of ketones is 1. The lowest BCUT2D eigenvalue weighted by Crippen LogP contribution is -2.17. The van der Waals surface area contributed by atoms with Gasteiger partial charge < -0.3 is 9.47 Å². The van der Waals surface area contributed by atoms with E-state index in [9.17, 15) is 9.59 Å². The van der Waals surface area contributed by atoms with Crippen LogP contribution in [0.3, 0.4) is 0 Å². The van der Waals surface area contributed by atoms with Crippen molar-refractivity contribution in [3.05, 3.63) is 84.4 Å². The predicted octanol–water partition coefficient (Wildman–Crippen LogP) is 4.54. The molecule has 0 saturated heterocycles. The number of esters is 1. The molecular weight excluding hydrogens is 328 g/mol. The topological polar surface area (TPSA) is 52.6 Å². The lowest BCUT2D eigenvalue weighted by molar-refractivity contribution is -0.136. The molecule has 0 spiro atoms. The fourth-order valence-corrected chi connectivity index (χ4v) is 2.45. The number of rotatable bonds is 6. The zero-order valence-corrected chi connectivity index (χ0v) is 14.3. The van der Waals surface area contributed by atoms with Crippen LogP contribution in [-0.4, -0.2) is 18.4 Å². The average molecular weight is 346 g/mol. The number of hydrogen-bond donors (Lipinski definition) is 0. The Morgan fingerprint density at radius 1 is 0.769 bits per heavy atom. The summed E-state index contributed by atoms with van der Waals surface area (Å²) in [5, 5.41) is 0. The van der Waals surface area contributed by atoms with Crippen LogP contribution in [0.4, 0.5) is 0 Å². The van der Waals surface area contributed by atoms with Gasteiger partial charge in [0.15, 0.2) is 12.4 Å². The molecule has 0 aliphatic rings. The van der Waals surface area contributed by atoms with Gasteiger partial charge in [0.25, 0.3) is 0 Å². The molecule has 26 heavy (non-hydrogen) atoms. The molecule has 3 rings (SSSR count). The van der Waals surface area contributed by atoms with Crippen LogP contribution in [0.25, 0.3) is 11.1 Å². The van der Waals surface area contributed by atoms with E-state index in [1.807, 2.05) is 42.5 Å². The molecule has 0 aliphatic carbocycles.